The van der Waals surface area contributed by atoms with E-state index in [1.165, 1.54) is 0 Å². The fourth-order valence-corrected chi connectivity index (χ4v) is 2.54. The molecule has 18 heavy (non-hydrogen) atoms. The molecule has 1 rings (SSSR count). The van der Waals surface area contributed by atoms with Crippen LogP contribution in [0.25, 0.3) is 0 Å². The largest absolute Gasteiger partial charge is 0.308 e. The monoisotopic (exact) mass is 270 g/mol. The number of nitrogens with zero attached hydrogens (tertiary/aromatic N) is 1. The maximum absolute atomic E-state index is 12.0. The Bertz CT molecular complexity index is 464. The predicted octanol–water partition coefficient (Wildman–Crippen LogP) is 1.65. The van der Waals surface area contributed by atoms with E-state index >= 15 is 0 Å². The number of nitrogens with one attached hydrogen (secondary N) is 1. The van der Waals surface area contributed by atoms with Crippen molar-refractivity contribution in [3.63, 3.8) is 0 Å². The molecule has 0 aromatic heterocycles. The number of hydrogen-bond donors (Lipinski definition) is 1. The first-order valence-electron chi connectivity index (χ1n) is 6.07. The second-order valence-electron chi connectivity index (χ2n) is 4.92. The molecule has 0 heterocycles. The van der Waals surface area contributed by atoms with E-state index in [0.29, 0.717) is 23.9 Å². The summed E-state index contributed by atoms with van der Waals surface area (Å²) in [5, 5.41) is 0. The van der Waals surface area contributed by atoms with Crippen molar-refractivity contribution in [3.05, 3.63) is 29.8 Å². The van der Waals surface area contributed by atoms with Crippen molar-refractivity contribution in [1.29, 1.82) is 0 Å². The van der Waals surface area contributed by atoms with Crippen LogP contribution in [0.15, 0.2) is 29.2 Å². The quantitative estimate of drug-likeness (QED) is 0.855. The first-order chi connectivity index (χ1) is 8.33. The summed E-state index contributed by atoms with van der Waals surface area (Å²) < 4.78 is 26.5. The number of benzene rings is 1. The Balaban J connectivity index is 2.73. The minimum atomic E-state index is -3.38. The summed E-state index contributed by atoms with van der Waals surface area (Å²) in [6.07, 6.45) is 0. The van der Waals surface area contributed by atoms with Crippen LogP contribution in [0.1, 0.15) is 25.3 Å². The molecule has 0 amide bonds. The Labute approximate surface area is 110 Å². The summed E-state index contributed by atoms with van der Waals surface area (Å²) in [5.41, 5.74) is 1.14. The molecule has 0 fully saturated rings. The van der Waals surface area contributed by atoms with Crippen LogP contribution in [-0.2, 0) is 10.0 Å². The minimum absolute atomic E-state index is 0.325. The van der Waals surface area contributed by atoms with Crippen molar-refractivity contribution >= 4 is 10.0 Å². The van der Waals surface area contributed by atoms with Gasteiger partial charge in [0, 0.05) is 13.1 Å². The molecule has 0 aliphatic rings. The highest BCUT2D eigenvalue weighted by Crippen LogP contribution is 2.16. The van der Waals surface area contributed by atoms with E-state index in [1.807, 2.05) is 31.1 Å². The maximum Gasteiger partial charge on any atom is 0.240 e. The minimum Gasteiger partial charge on any atom is -0.308 e. The lowest BCUT2D eigenvalue weighted by molar-refractivity contribution is 0.412. The molecule has 0 saturated heterocycles. The standard InChI is InChI=1S/C13H22N2O2S/c1-11(2)12-5-7-13(8-6-12)18(16,17)14-9-10-15(3)4/h5-8,11,14H,9-10H2,1-4H3. The molecule has 1 aromatic carbocycles. The molecule has 0 bridgehead atoms. The molecule has 0 aliphatic carbocycles. The van der Waals surface area contributed by atoms with Crippen molar-refractivity contribution in [2.45, 2.75) is 24.7 Å². The van der Waals surface area contributed by atoms with E-state index < -0.39 is 10.0 Å². The Morgan fingerprint density at radius 3 is 2.17 bits per heavy atom. The first-order valence-corrected chi connectivity index (χ1v) is 7.55. The van der Waals surface area contributed by atoms with Crippen LogP contribution in [0.3, 0.4) is 0 Å². The molecule has 102 valence electrons. The van der Waals surface area contributed by atoms with Gasteiger partial charge in [0.1, 0.15) is 0 Å². The summed E-state index contributed by atoms with van der Waals surface area (Å²) in [4.78, 5) is 2.26. The summed E-state index contributed by atoms with van der Waals surface area (Å²) >= 11 is 0. The van der Waals surface area contributed by atoms with E-state index in [0.717, 1.165) is 5.56 Å². The molecule has 0 spiro atoms. The van der Waals surface area contributed by atoms with Gasteiger partial charge in [0.25, 0.3) is 0 Å². The third kappa shape index (κ3) is 4.40. The van der Waals surface area contributed by atoms with E-state index in [-0.39, 0.29) is 0 Å². The average molecular weight is 270 g/mol. The van der Waals surface area contributed by atoms with Gasteiger partial charge in [-0.15, -0.1) is 0 Å². The van der Waals surface area contributed by atoms with Crippen LogP contribution in [-0.4, -0.2) is 40.5 Å². The highest BCUT2D eigenvalue weighted by atomic mass is 32.2. The fraction of sp³-hybridized carbons (Fsp3) is 0.538. The predicted molar refractivity (Wildman–Crippen MR) is 74.3 cm³/mol. The first kappa shape index (κ1) is 15.1. The summed E-state index contributed by atoms with van der Waals surface area (Å²) in [5.74, 6) is 0.406. The zero-order valence-electron chi connectivity index (χ0n) is 11.5. The van der Waals surface area contributed by atoms with Gasteiger partial charge < -0.3 is 4.90 Å². The topological polar surface area (TPSA) is 49.4 Å². The van der Waals surface area contributed by atoms with Crippen LogP contribution < -0.4 is 4.72 Å². The highest BCUT2D eigenvalue weighted by molar-refractivity contribution is 7.89. The number of rotatable bonds is 6. The van der Waals surface area contributed by atoms with Crippen LogP contribution in [0, 0.1) is 0 Å². The molecule has 0 aliphatic heterocycles. The van der Waals surface area contributed by atoms with E-state index in [4.69, 9.17) is 0 Å². The van der Waals surface area contributed by atoms with Crippen LogP contribution >= 0.6 is 0 Å². The molecule has 4 nitrogen and oxygen atoms in total. The second-order valence-corrected chi connectivity index (χ2v) is 6.69. The van der Waals surface area contributed by atoms with Crippen molar-refractivity contribution < 1.29 is 8.42 Å². The number of hydrogen-bond acceptors (Lipinski definition) is 3. The Hall–Kier alpha value is -0.910. The number of sulfonamides is 1. The number of likely N-dealkylation sites (N-methyl/N-ethyl adjacent to an activating group) is 1. The lowest BCUT2D eigenvalue weighted by atomic mass is 10.0. The zero-order valence-corrected chi connectivity index (χ0v) is 12.3. The van der Waals surface area contributed by atoms with Crippen molar-refractivity contribution in [2.75, 3.05) is 27.2 Å². The molecule has 0 unspecified atom stereocenters. The van der Waals surface area contributed by atoms with Gasteiger partial charge in [-0.1, -0.05) is 26.0 Å². The Morgan fingerprint density at radius 2 is 1.72 bits per heavy atom. The summed E-state index contributed by atoms with van der Waals surface area (Å²) in [7, 11) is 0.442. The molecule has 1 N–H and O–H groups in total. The summed E-state index contributed by atoms with van der Waals surface area (Å²) in [6, 6.07) is 7.05. The molecule has 1 aromatic rings. The van der Waals surface area contributed by atoms with E-state index in [9.17, 15) is 8.42 Å². The van der Waals surface area contributed by atoms with Gasteiger partial charge in [0.15, 0.2) is 0 Å². The lowest BCUT2D eigenvalue weighted by Crippen LogP contribution is -2.31. The van der Waals surface area contributed by atoms with Gasteiger partial charge in [0.2, 0.25) is 10.0 Å². The second kappa shape index (κ2) is 6.31. The third-order valence-corrected chi connectivity index (χ3v) is 4.19. The van der Waals surface area contributed by atoms with E-state index in [1.54, 1.807) is 12.1 Å². The highest BCUT2D eigenvalue weighted by Gasteiger charge is 2.13. The average Bonchev–Trinajstić information content (AvgIpc) is 2.28. The van der Waals surface area contributed by atoms with Gasteiger partial charge >= 0.3 is 0 Å². The Morgan fingerprint density at radius 1 is 1.17 bits per heavy atom. The third-order valence-electron chi connectivity index (χ3n) is 2.71. The van der Waals surface area contributed by atoms with Gasteiger partial charge in [-0.3, -0.25) is 0 Å². The Kier molecular flexibility index (Phi) is 5.31. The SMILES string of the molecule is CC(C)c1ccc(S(=O)(=O)NCCN(C)C)cc1. The van der Waals surface area contributed by atoms with Crippen LogP contribution in [0.2, 0.25) is 0 Å². The van der Waals surface area contributed by atoms with Gasteiger partial charge in [-0.25, -0.2) is 13.1 Å². The summed E-state index contributed by atoms with van der Waals surface area (Å²) in [6.45, 7) is 5.27. The van der Waals surface area contributed by atoms with Crippen molar-refractivity contribution in [1.82, 2.24) is 9.62 Å². The smallest absolute Gasteiger partial charge is 0.240 e. The molecule has 0 saturated carbocycles. The maximum atomic E-state index is 12.0. The molecule has 5 heteroatoms. The molecular formula is C13H22N2O2S. The van der Waals surface area contributed by atoms with Crippen LogP contribution in [0.5, 0.6) is 0 Å². The van der Waals surface area contributed by atoms with Gasteiger partial charge in [0.05, 0.1) is 4.90 Å². The lowest BCUT2D eigenvalue weighted by Gasteiger charge is -2.11. The van der Waals surface area contributed by atoms with Crippen LogP contribution in [0.4, 0.5) is 0 Å². The normalized spacial score (nSPS) is 12.3. The molecule has 0 radical (unpaired) electrons. The van der Waals surface area contributed by atoms with E-state index in [2.05, 4.69) is 18.6 Å². The van der Waals surface area contributed by atoms with Gasteiger partial charge in [-0.2, -0.15) is 0 Å². The van der Waals surface area contributed by atoms with Crippen molar-refractivity contribution in [3.8, 4) is 0 Å². The zero-order chi connectivity index (χ0) is 13.8. The molecular weight excluding hydrogens is 248 g/mol. The van der Waals surface area contributed by atoms with Gasteiger partial charge in [-0.05, 0) is 37.7 Å². The fourth-order valence-electron chi connectivity index (χ4n) is 1.52. The van der Waals surface area contributed by atoms with Crippen molar-refractivity contribution in [2.24, 2.45) is 0 Å². The molecule has 0 atom stereocenters.